The maximum atomic E-state index is 10.0. The summed E-state index contributed by atoms with van der Waals surface area (Å²) in [4.78, 5) is 20.2. The van der Waals surface area contributed by atoms with Crippen LogP contribution in [0.5, 0.6) is 0 Å². The van der Waals surface area contributed by atoms with E-state index in [1.807, 2.05) is 34.2 Å². The van der Waals surface area contributed by atoms with Gasteiger partial charge in [0, 0.05) is 0 Å². The Bertz CT molecular complexity index is 326. The molecule has 0 spiro atoms. The average Bonchev–Trinajstić information content (AvgIpc) is 2.18. The van der Waals surface area contributed by atoms with Crippen LogP contribution in [-0.2, 0) is 0 Å². The summed E-state index contributed by atoms with van der Waals surface area (Å²) in [6.45, 7) is 2.08. The quantitative estimate of drug-likeness (QED) is 0.699. The molecule has 1 aromatic carbocycles. The third kappa shape index (κ3) is 21.1. The minimum absolute atomic E-state index is 0.0324. The molecule has 0 bridgehead atoms. The fourth-order valence-electron chi connectivity index (χ4n) is 0.534. The molecule has 94 valence electrons. The van der Waals surface area contributed by atoms with Crippen LogP contribution in [0.2, 0.25) is 0 Å². The fourth-order valence-corrected chi connectivity index (χ4v) is 0.534. The molecule has 0 aliphatic rings. The number of primary amides is 1. The fraction of sp³-hybridized carbons (Fsp3) is 0.273. The number of aryl methyl sites for hydroxylation is 1. The van der Waals surface area contributed by atoms with Crippen molar-refractivity contribution in [1.29, 1.82) is 0 Å². The molecule has 0 unspecified atom stereocenters. The molecule has 0 heterocycles. The van der Waals surface area contributed by atoms with E-state index in [1.54, 1.807) is 14.1 Å². The summed E-state index contributed by atoms with van der Waals surface area (Å²) in [7, 11) is 3.39. The van der Waals surface area contributed by atoms with Crippen LogP contribution in [0.25, 0.3) is 0 Å². The number of hydrogen-bond donors (Lipinski definition) is 1. The van der Waals surface area contributed by atoms with Gasteiger partial charge in [-0.3, -0.25) is 0 Å². The molecule has 2 N–H and O–H groups in total. The van der Waals surface area contributed by atoms with Gasteiger partial charge in [0.25, 0.3) is 0 Å². The second-order valence-electron chi connectivity index (χ2n) is 3.13. The van der Waals surface area contributed by atoms with Gasteiger partial charge in [0.1, 0.15) is 0 Å². The number of benzene rings is 1. The third-order valence-corrected chi connectivity index (χ3v) is 2.07. The zero-order valence-electron chi connectivity index (χ0n) is 10.0. The molecule has 17 heavy (non-hydrogen) atoms. The SMILES string of the molecule is CN(C)C(=O)[Se].Cc1ccccc1.NC(=O)[Se]. The van der Waals surface area contributed by atoms with E-state index in [0.717, 1.165) is 0 Å². The molecule has 2 amide bonds. The van der Waals surface area contributed by atoms with E-state index in [9.17, 15) is 4.79 Å². The van der Waals surface area contributed by atoms with Crippen molar-refractivity contribution in [1.82, 2.24) is 4.90 Å². The summed E-state index contributed by atoms with van der Waals surface area (Å²) in [5, 5.41) is 0. The van der Waals surface area contributed by atoms with Gasteiger partial charge in [-0.25, -0.2) is 0 Å². The Morgan fingerprint density at radius 1 is 1.12 bits per heavy atom. The van der Waals surface area contributed by atoms with Crippen LogP contribution >= 0.6 is 0 Å². The van der Waals surface area contributed by atoms with Gasteiger partial charge in [-0.05, 0) is 6.92 Å². The predicted octanol–water partition coefficient (Wildman–Crippen LogP) is 1.07. The summed E-state index contributed by atoms with van der Waals surface area (Å²) < 4.78 is 0. The Morgan fingerprint density at radius 3 is 1.53 bits per heavy atom. The Hall–Kier alpha value is -0.801. The van der Waals surface area contributed by atoms with E-state index in [4.69, 9.17) is 4.79 Å². The molecular weight excluding hydrogens is 350 g/mol. The van der Waals surface area contributed by atoms with Crippen LogP contribution in [0.4, 0.5) is 9.59 Å². The molecule has 1 rings (SSSR count). The number of carbonyl (C=O) groups is 2. The molecule has 0 atom stereocenters. The van der Waals surface area contributed by atoms with Gasteiger partial charge < -0.3 is 0 Å². The van der Waals surface area contributed by atoms with Crippen molar-refractivity contribution in [2.75, 3.05) is 14.1 Å². The molecular formula is C11H16N2O2Se2. The Labute approximate surface area is 119 Å². The molecule has 1 aromatic rings. The van der Waals surface area contributed by atoms with E-state index < -0.39 is 4.81 Å². The second-order valence-corrected chi connectivity index (χ2v) is 4.71. The monoisotopic (exact) mass is 368 g/mol. The molecule has 2 radical (unpaired) electrons. The van der Waals surface area contributed by atoms with Crippen LogP contribution in [0.15, 0.2) is 30.3 Å². The summed E-state index contributed by atoms with van der Waals surface area (Å²) in [5.74, 6) is 0. The normalized spacial score (nSPS) is 7.71. The molecule has 4 nitrogen and oxygen atoms in total. The van der Waals surface area contributed by atoms with Crippen LogP contribution in [0, 0.1) is 6.92 Å². The summed E-state index contributed by atoms with van der Waals surface area (Å²) in [5.41, 5.74) is 5.74. The van der Waals surface area contributed by atoms with Gasteiger partial charge >= 0.3 is 76.0 Å². The van der Waals surface area contributed by atoms with Crippen LogP contribution < -0.4 is 5.73 Å². The molecule has 0 saturated heterocycles. The predicted molar refractivity (Wildman–Crippen MR) is 71.4 cm³/mol. The number of amides is 2. The van der Waals surface area contributed by atoms with Crippen molar-refractivity contribution in [2.24, 2.45) is 5.73 Å². The Balaban J connectivity index is 0. The average molecular weight is 366 g/mol. The summed E-state index contributed by atoms with van der Waals surface area (Å²) in [6, 6.07) is 10.3. The first-order valence-corrected chi connectivity index (χ1v) is 6.35. The van der Waals surface area contributed by atoms with Crippen molar-refractivity contribution in [3.05, 3.63) is 35.9 Å². The maximum absolute atomic E-state index is 10.0. The van der Waals surface area contributed by atoms with Crippen molar-refractivity contribution < 1.29 is 9.59 Å². The van der Waals surface area contributed by atoms with Gasteiger partial charge in [-0.15, -0.1) is 0 Å². The summed E-state index contributed by atoms with van der Waals surface area (Å²) in [6.07, 6.45) is 0. The summed E-state index contributed by atoms with van der Waals surface area (Å²) >= 11 is 4.37. The molecule has 0 saturated carbocycles. The number of nitrogens with two attached hydrogens (primary N) is 1. The number of nitrogens with zero attached hydrogens (tertiary/aromatic N) is 1. The second kappa shape index (κ2) is 11.7. The molecule has 0 fully saturated rings. The first-order valence-electron chi connectivity index (χ1n) is 4.63. The van der Waals surface area contributed by atoms with Gasteiger partial charge in [0.2, 0.25) is 0 Å². The van der Waals surface area contributed by atoms with Crippen molar-refractivity contribution in [2.45, 2.75) is 6.92 Å². The van der Waals surface area contributed by atoms with Gasteiger partial charge in [0.05, 0.1) is 0 Å². The van der Waals surface area contributed by atoms with E-state index in [1.165, 1.54) is 10.5 Å². The van der Waals surface area contributed by atoms with E-state index >= 15 is 0 Å². The van der Waals surface area contributed by atoms with Crippen molar-refractivity contribution in [3.63, 3.8) is 0 Å². The topological polar surface area (TPSA) is 63.4 Å². The number of hydrogen-bond acceptors (Lipinski definition) is 2. The molecule has 6 heteroatoms. The number of rotatable bonds is 0. The standard InChI is InChI=1S/C7H8.C3H6NOSe.CH2NOSe/c1-7-5-3-2-4-6-7;1-4(2)3(5)6;2-1(3)4/h2-6H,1H3;1-2H3;(H2,2,3). The third-order valence-electron chi connectivity index (χ3n) is 1.31. The Kier molecular flexibility index (Phi) is 12.7. The van der Waals surface area contributed by atoms with Crippen LogP contribution in [0.1, 0.15) is 5.56 Å². The first kappa shape index (κ1) is 18.6. The number of carbonyl (C=O) groups excluding carboxylic acids is 2. The van der Waals surface area contributed by atoms with Crippen molar-refractivity contribution >= 4 is 41.6 Å². The van der Waals surface area contributed by atoms with E-state index in [0.29, 0.717) is 0 Å². The zero-order valence-corrected chi connectivity index (χ0v) is 13.5. The minimum atomic E-state index is -0.458. The van der Waals surface area contributed by atoms with Gasteiger partial charge in [-0.2, -0.15) is 0 Å². The van der Waals surface area contributed by atoms with E-state index in [2.05, 4.69) is 40.8 Å². The molecule has 0 aromatic heterocycles. The van der Waals surface area contributed by atoms with Gasteiger partial charge in [-0.1, -0.05) is 35.9 Å². The molecule has 0 aliphatic heterocycles. The Morgan fingerprint density at radius 2 is 1.41 bits per heavy atom. The molecule has 0 aliphatic carbocycles. The van der Waals surface area contributed by atoms with Crippen LogP contribution in [0.3, 0.4) is 0 Å². The van der Waals surface area contributed by atoms with Gasteiger partial charge in [0.15, 0.2) is 0 Å². The van der Waals surface area contributed by atoms with Crippen LogP contribution in [-0.4, -0.2) is 60.6 Å². The zero-order chi connectivity index (χ0) is 13.8. The van der Waals surface area contributed by atoms with Crippen molar-refractivity contribution in [3.8, 4) is 0 Å². The first-order chi connectivity index (χ1) is 7.77. The van der Waals surface area contributed by atoms with E-state index in [-0.39, 0.29) is 4.81 Å².